The van der Waals surface area contributed by atoms with E-state index in [-0.39, 0.29) is 5.91 Å². The third-order valence-corrected chi connectivity index (χ3v) is 3.18. The van der Waals surface area contributed by atoms with Crippen molar-refractivity contribution in [2.75, 3.05) is 39.3 Å². The Balaban J connectivity index is 1.75. The van der Waals surface area contributed by atoms with E-state index in [1.807, 2.05) is 49.3 Å². The lowest BCUT2D eigenvalue weighted by Crippen LogP contribution is -2.28. The number of carbonyl (C=O) groups excluding carboxylic acids is 1. The maximum atomic E-state index is 12.0. The second kappa shape index (κ2) is 8.03. The van der Waals surface area contributed by atoms with Crippen molar-refractivity contribution in [2.45, 2.75) is 0 Å². The van der Waals surface area contributed by atoms with Crippen LogP contribution in [-0.2, 0) is 0 Å². The number of amides is 1. The van der Waals surface area contributed by atoms with Gasteiger partial charge in [0, 0.05) is 20.3 Å². The number of hydrogen-bond acceptors (Lipinski definition) is 5. The highest BCUT2D eigenvalue weighted by molar-refractivity contribution is 5.94. The van der Waals surface area contributed by atoms with Gasteiger partial charge in [-0.15, -0.1) is 0 Å². The topological polar surface area (TPSA) is 63.7 Å². The van der Waals surface area contributed by atoms with E-state index in [1.54, 1.807) is 19.4 Å². The Bertz CT molecular complexity index is 625. The minimum Gasteiger partial charge on any atom is -0.497 e. The summed E-state index contributed by atoms with van der Waals surface area (Å²) in [6, 6.07) is 10.9. The van der Waals surface area contributed by atoms with Crippen molar-refractivity contribution in [3.05, 3.63) is 48.2 Å². The van der Waals surface area contributed by atoms with Crippen molar-refractivity contribution in [3.8, 4) is 11.5 Å². The molecule has 1 amide bonds. The lowest BCUT2D eigenvalue weighted by atomic mass is 10.2. The summed E-state index contributed by atoms with van der Waals surface area (Å²) < 4.78 is 10.6. The van der Waals surface area contributed by atoms with Gasteiger partial charge in [-0.1, -0.05) is 0 Å². The number of aromatic nitrogens is 1. The van der Waals surface area contributed by atoms with Gasteiger partial charge >= 0.3 is 0 Å². The molecule has 0 saturated heterocycles. The van der Waals surface area contributed by atoms with Crippen LogP contribution in [-0.4, -0.2) is 45.2 Å². The number of pyridine rings is 1. The third kappa shape index (κ3) is 4.88. The molecule has 0 atom stereocenters. The van der Waals surface area contributed by atoms with E-state index in [0.29, 0.717) is 18.7 Å². The molecule has 0 radical (unpaired) electrons. The summed E-state index contributed by atoms with van der Waals surface area (Å²) in [4.78, 5) is 18.1. The van der Waals surface area contributed by atoms with Crippen molar-refractivity contribution in [2.24, 2.45) is 0 Å². The van der Waals surface area contributed by atoms with Gasteiger partial charge in [0.1, 0.15) is 23.9 Å². The Morgan fingerprint density at radius 2 is 1.83 bits per heavy atom. The molecule has 1 N–H and O–H groups in total. The zero-order chi connectivity index (χ0) is 16.7. The van der Waals surface area contributed by atoms with Crippen molar-refractivity contribution in [1.82, 2.24) is 10.3 Å². The van der Waals surface area contributed by atoms with Crippen LogP contribution in [0.15, 0.2) is 42.6 Å². The molecular weight excluding hydrogens is 294 g/mol. The van der Waals surface area contributed by atoms with Crippen LogP contribution in [0.1, 0.15) is 10.4 Å². The molecule has 0 spiro atoms. The Morgan fingerprint density at radius 1 is 1.13 bits per heavy atom. The van der Waals surface area contributed by atoms with Crippen LogP contribution in [0.4, 0.5) is 5.82 Å². The summed E-state index contributed by atoms with van der Waals surface area (Å²) in [5.74, 6) is 2.15. The highest BCUT2D eigenvalue weighted by Gasteiger charge is 2.06. The molecule has 0 unspecified atom stereocenters. The first kappa shape index (κ1) is 16.6. The first-order chi connectivity index (χ1) is 11.1. The normalized spacial score (nSPS) is 10.0. The molecule has 6 nitrogen and oxygen atoms in total. The quantitative estimate of drug-likeness (QED) is 0.791. The third-order valence-electron chi connectivity index (χ3n) is 3.18. The average molecular weight is 315 g/mol. The summed E-state index contributed by atoms with van der Waals surface area (Å²) in [6.45, 7) is 0.807. The molecule has 1 aromatic heterocycles. The summed E-state index contributed by atoms with van der Waals surface area (Å²) in [7, 11) is 5.42. The number of carbonyl (C=O) groups is 1. The SMILES string of the molecule is COc1ccc(OCCNC(=O)c2ccc(N(C)C)nc2)cc1. The molecule has 2 rings (SSSR count). The van der Waals surface area contributed by atoms with E-state index in [4.69, 9.17) is 9.47 Å². The molecule has 23 heavy (non-hydrogen) atoms. The number of anilines is 1. The van der Waals surface area contributed by atoms with E-state index in [1.165, 1.54) is 0 Å². The van der Waals surface area contributed by atoms with E-state index < -0.39 is 0 Å². The van der Waals surface area contributed by atoms with E-state index in [9.17, 15) is 4.79 Å². The Kier molecular flexibility index (Phi) is 5.80. The van der Waals surface area contributed by atoms with Gasteiger partial charge in [-0.2, -0.15) is 0 Å². The van der Waals surface area contributed by atoms with Gasteiger partial charge in [0.2, 0.25) is 0 Å². The van der Waals surface area contributed by atoms with Crippen LogP contribution in [0.3, 0.4) is 0 Å². The standard InChI is InChI=1S/C17H21N3O3/c1-20(2)16-9-4-13(12-19-16)17(21)18-10-11-23-15-7-5-14(22-3)6-8-15/h4-9,12H,10-11H2,1-3H3,(H,18,21). The minimum atomic E-state index is -0.166. The first-order valence-electron chi connectivity index (χ1n) is 7.28. The van der Waals surface area contributed by atoms with Crippen molar-refractivity contribution >= 4 is 11.7 Å². The molecule has 0 bridgehead atoms. The smallest absolute Gasteiger partial charge is 0.252 e. The number of benzene rings is 1. The van der Waals surface area contributed by atoms with Crippen LogP contribution < -0.4 is 19.7 Å². The van der Waals surface area contributed by atoms with E-state index in [2.05, 4.69) is 10.3 Å². The number of rotatable bonds is 7. The fourth-order valence-electron chi connectivity index (χ4n) is 1.89. The van der Waals surface area contributed by atoms with Gasteiger partial charge in [0.05, 0.1) is 19.2 Å². The van der Waals surface area contributed by atoms with Gasteiger partial charge in [-0.25, -0.2) is 4.98 Å². The van der Waals surface area contributed by atoms with Gasteiger partial charge in [0.15, 0.2) is 0 Å². The lowest BCUT2D eigenvalue weighted by Gasteiger charge is -2.11. The molecule has 6 heteroatoms. The lowest BCUT2D eigenvalue weighted by molar-refractivity contribution is 0.0946. The highest BCUT2D eigenvalue weighted by atomic mass is 16.5. The van der Waals surface area contributed by atoms with Crippen LogP contribution >= 0.6 is 0 Å². The highest BCUT2D eigenvalue weighted by Crippen LogP contribution is 2.16. The van der Waals surface area contributed by atoms with Crippen LogP contribution in [0.5, 0.6) is 11.5 Å². The van der Waals surface area contributed by atoms with Crippen LogP contribution in [0.25, 0.3) is 0 Å². The maximum Gasteiger partial charge on any atom is 0.252 e. The largest absolute Gasteiger partial charge is 0.497 e. The molecule has 0 saturated carbocycles. The molecule has 1 aromatic carbocycles. The minimum absolute atomic E-state index is 0.166. The monoisotopic (exact) mass is 315 g/mol. The molecular formula is C17H21N3O3. The summed E-state index contributed by atoms with van der Waals surface area (Å²) in [6.07, 6.45) is 1.56. The van der Waals surface area contributed by atoms with Gasteiger partial charge in [-0.05, 0) is 36.4 Å². The zero-order valence-electron chi connectivity index (χ0n) is 13.6. The Hall–Kier alpha value is -2.76. The van der Waals surface area contributed by atoms with Crippen molar-refractivity contribution < 1.29 is 14.3 Å². The number of nitrogens with one attached hydrogen (secondary N) is 1. The van der Waals surface area contributed by atoms with E-state index >= 15 is 0 Å². The van der Waals surface area contributed by atoms with Crippen LogP contribution in [0.2, 0.25) is 0 Å². The fourth-order valence-corrected chi connectivity index (χ4v) is 1.89. The molecule has 0 fully saturated rings. The average Bonchev–Trinajstić information content (AvgIpc) is 2.59. The number of nitrogens with zero attached hydrogens (tertiary/aromatic N) is 2. The Labute approximate surface area is 136 Å². The van der Waals surface area contributed by atoms with Crippen molar-refractivity contribution in [3.63, 3.8) is 0 Å². The summed E-state index contributed by atoms with van der Waals surface area (Å²) in [5, 5.41) is 2.80. The summed E-state index contributed by atoms with van der Waals surface area (Å²) in [5.41, 5.74) is 0.528. The molecule has 1 heterocycles. The maximum absolute atomic E-state index is 12.0. The van der Waals surface area contributed by atoms with E-state index in [0.717, 1.165) is 17.3 Å². The molecule has 0 aliphatic rings. The molecule has 0 aliphatic carbocycles. The van der Waals surface area contributed by atoms with Gasteiger partial charge < -0.3 is 19.7 Å². The predicted octanol–water partition coefficient (Wildman–Crippen LogP) is 1.96. The Morgan fingerprint density at radius 3 is 2.39 bits per heavy atom. The fraction of sp³-hybridized carbons (Fsp3) is 0.294. The summed E-state index contributed by atoms with van der Waals surface area (Å²) >= 11 is 0. The van der Waals surface area contributed by atoms with Gasteiger partial charge in [0.25, 0.3) is 5.91 Å². The number of ether oxygens (including phenoxy) is 2. The first-order valence-corrected chi connectivity index (χ1v) is 7.28. The van der Waals surface area contributed by atoms with Crippen LogP contribution in [0, 0.1) is 0 Å². The second-order valence-corrected chi connectivity index (χ2v) is 5.08. The predicted molar refractivity (Wildman–Crippen MR) is 89.4 cm³/mol. The molecule has 122 valence electrons. The number of hydrogen-bond donors (Lipinski definition) is 1. The molecule has 0 aliphatic heterocycles. The second-order valence-electron chi connectivity index (χ2n) is 5.08. The van der Waals surface area contributed by atoms with Crippen molar-refractivity contribution in [1.29, 1.82) is 0 Å². The molecule has 2 aromatic rings. The number of methoxy groups -OCH3 is 1. The zero-order valence-corrected chi connectivity index (χ0v) is 13.6. The van der Waals surface area contributed by atoms with Gasteiger partial charge in [-0.3, -0.25) is 4.79 Å².